The molecule has 0 amide bonds. The molecule has 0 aliphatic heterocycles. The fourth-order valence-electron chi connectivity index (χ4n) is 1.02. The standard InChI is InChI=1S/C10H10FN/c11-7-1-2-9-3-5-10(8-12)6-4-9/h3-6H,1-2,7H2. The molecule has 0 saturated heterocycles. The van der Waals surface area contributed by atoms with Gasteiger partial charge in [-0.3, -0.25) is 4.39 Å². The van der Waals surface area contributed by atoms with Crippen LogP contribution < -0.4 is 0 Å². The number of aryl methyl sites for hydroxylation is 1. The van der Waals surface area contributed by atoms with Crippen LogP contribution in [0.1, 0.15) is 17.5 Å². The summed E-state index contributed by atoms with van der Waals surface area (Å²) in [6, 6.07) is 9.29. The van der Waals surface area contributed by atoms with Crippen molar-refractivity contribution in [3.63, 3.8) is 0 Å². The summed E-state index contributed by atoms with van der Waals surface area (Å²) in [5.41, 5.74) is 1.74. The summed E-state index contributed by atoms with van der Waals surface area (Å²) < 4.78 is 11.8. The maximum atomic E-state index is 11.8. The lowest BCUT2D eigenvalue weighted by Crippen LogP contribution is -1.86. The van der Waals surface area contributed by atoms with Crippen molar-refractivity contribution < 1.29 is 4.39 Å². The van der Waals surface area contributed by atoms with Crippen molar-refractivity contribution in [2.24, 2.45) is 0 Å². The number of alkyl halides is 1. The monoisotopic (exact) mass is 163 g/mol. The molecule has 0 spiro atoms. The summed E-state index contributed by atoms with van der Waals surface area (Å²) in [5.74, 6) is 0. The van der Waals surface area contributed by atoms with Crippen LogP contribution >= 0.6 is 0 Å². The zero-order chi connectivity index (χ0) is 8.81. The number of nitrogens with zero attached hydrogens (tertiary/aromatic N) is 1. The molecule has 0 radical (unpaired) electrons. The van der Waals surface area contributed by atoms with Gasteiger partial charge in [0.2, 0.25) is 0 Å². The zero-order valence-electron chi connectivity index (χ0n) is 6.76. The van der Waals surface area contributed by atoms with Crippen molar-refractivity contribution in [1.29, 1.82) is 5.26 Å². The zero-order valence-corrected chi connectivity index (χ0v) is 6.76. The lowest BCUT2D eigenvalue weighted by atomic mass is 10.1. The fraction of sp³-hybridized carbons (Fsp3) is 0.300. The average molecular weight is 163 g/mol. The summed E-state index contributed by atoms with van der Waals surface area (Å²) >= 11 is 0. The van der Waals surface area contributed by atoms with Crippen LogP contribution in [0.3, 0.4) is 0 Å². The van der Waals surface area contributed by atoms with Crippen molar-refractivity contribution in [2.75, 3.05) is 6.67 Å². The maximum Gasteiger partial charge on any atom is 0.0991 e. The molecule has 0 N–H and O–H groups in total. The highest BCUT2D eigenvalue weighted by atomic mass is 19.1. The van der Waals surface area contributed by atoms with Gasteiger partial charge in [0.1, 0.15) is 0 Å². The van der Waals surface area contributed by atoms with Crippen LogP contribution in [-0.4, -0.2) is 6.67 Å². The van der Waals surface area contributed by atoms with E-state index in [-0.39, 0.29) is 6.67 Å². The van der Waals surface area contributed by atoms with E-state index in [0.717, 1.165) is 12.0 Å². The molecule has 0 bridgehead atoms. The molecule has 0 saturated carbocycles. The third-order valence-electron chi connectivity index (χ3n) is 1.68. The summed E-state index contributed by atoms with van der Waals surface area (Å²) in [5, 5.41) is 8.49. The van der Waals surface area contributed by atoms with E-state index in [1.54, 1.807) is 12.1 Å². The minimum Gasteiger partial charge on any atom is -0.251 e. The van der Waals surface area contributed by atoms with Gasteiger partial charge in [-0.2, -0.15) is 5.26 Å². The molecule has 0 aliphatic carbocycles. The molecule has 2 heteroatoms. The molecule has 1 aromatic carbocycles. The lowest BCUT2D eigenvalue weighted by molar-refractivity contribution is 0.473. The second kappa shape index (κ2) is 4.50. The maximum absolute atomic E-state index is 11.8. The number of benzene rings is 1. The molecular weight excluding hydrogens is 153 g/mol. The first kappa shape index (κ1) is 8.73. The normalized spacial score (nSPS) is 9.33. The van der Waals surface area contributed by atoms with Gasteiger partial charge in [0, 0.05) is 0 Å². The Balaban J connectivity index is 2.60. The number of rotatable bonds is 3. The third-order valence-corrected chi connectivity index (χ3v) is 1.68. The number of hydrogen-bond donors (Lipinski definition) is 0. The van der Waals surface area contributed by atoms with E-state index < -0.39 is 0 Å². The van der Waals surface area contributed by atoms with Gasteiger partial charge in [-0.1, -0.05) is 12.1 Å². The second-order valence-electron chi connectivity index (χ2n) is 2.60. The van der Waals surface area contributed by atoms with Gasteiger partial charge in [-0.25, -0.2) is 0 Å². The van der Waals surface area contributed by atoms with E-state index in [4.69, 9.17) is 5.26 Å². The number of halogens is 1. The lowest BCUT2D eigenvalue weighted by Gasteiger charge is -1.97. The Kier molecular flexibility index (Phi) is 3.28. The Morgan fingerprint density at radius 2 is 1.92 bits per heavy atom. The van der Waals surface area contributed by atoms with Gasteiger partial charge in [0.25, 0.3) is 0 Å². The fourth-order valence-corrected chi connectivity index (χ4v) is 1.02. The van der Waals surface area contributed by atoms with Crippen LogP contribution in [0.2, 0.25) is 0 Å². The van der Waals surface area contributed by atoms with Gasteiger partial charge in [0.15, 0.2) is 0 Å². The quantitative estimate of drug-likeness (QED) is 0.671. The first-order chi connectivity index (χ1) is 5.86. The van der Waals surface area contributed by atoms with Crippen molar-refractivity contribution in [2.45, 2.75) is 12.8 Å². The van der Waals surface area contributed by atoms with E-state index >= 15 is 0 Å². The topological polar surface area (TPSA) is 23.8 Å². The predicted octanol–water partition coefficient (Wildman–Crippen LogP) is 2.46. The molecule has 0 atom stereocenters. The van der Waals surface area contributed by atoms with E-state index in [1.165, 1.54) is 0 Å². The molecule has 62 valence electrons. The minimum atomic E-state index is -0.278. The molecule has 0 heterocycles. The summed E-state index contributed by atoms with van der Waals surface area (Å²) in [7, 11) is 0. The number of nitriles is 1. The highest BCUT2D eigenvalue weighted by Crippen LogP contribution is 2.05. The van der Waals surface area contributed by atoms with Crippen molar-refractivity contribution in [3.8, 4) is 6.07 Å². The van der Waals surface area contributed by atoms with Crippen molar-refractivity contribution in [3.05, 3.63) is 35.4 Å². The molecule has 12 heavy (non-hydrogen) atoms. The largest absolute Gasteiger partial charge is 0.251 e. The molecule has 0 aromatic heterocycles. The molecule has 1 aromatic rings. The number of hydrogen-bond acceptors (Lipinski definition) is 1. The summed E-state index contributed by atoms with van der Waals surface area (Å²) in [6.45, 7) is -0.278. The smallest absolute Gasteiger partial charge is 0.0991 e. The molecular formula is C10H10FN. The first-order valence-corrected chi connectivity index (χ1v) is 3.92. The summed E-state index contributed by atoms with van der Waals surface area (Å²) in [4.78, 5) is 0. The Morgan fingerprint density at radius 1 is 1.25 bits per heavy atom. The highest BCUT2D eigenvalue weighted by Gasteiger charge is 1.93. The second-order valence-corrected chi connectivity index (χ2v) is 2.60. The van der Waals surface area contributed by atoms with Crippen LogP contribution in [-0.2, 0) is 6.42 Å². The Hall–Kier alpha value is -1.36. The van der Waals surface area contributed by atoms with E-state index in [9.17, 15) is 4.39 Å². The Bertz CT molecular complexity index is 271. The van der Waals surface area contributed by atoms with Gasteiger partial charge in [0.05, 0.1) is 18.3 Å². The van der Waals surface area contributed by atoms with Crippen LogP contribution in [0, 0.1) is 11.3 Å². The SMILES string of the molecule is N#Cc1ccc(CCCF)cc1. The van der Waals surface area contributed by atoms with Gasteiger partial charge < -0.3 is 0 Å². The molecule has 0 aliphatic rings. The van der Waals surface area contributed by atoms with Crippen molar-refractivity contribution in [1.82, 2.24) is 0 Å². The van der Waals surface area contributed by atoms with Crippen LogP contribution in [0.4, 0.5) is 4.39 Å². The van der Waals surface area contributed by atoms with E-state index in [1.807, 2.05) is 18.2 Å². The highest BCUT2D eigenvalue weighted by molar-refractivity contribution is 5.31. The molecule has 1 nitrogen and oxygen atoms in total. The van der Waals surface area contributed by atoms with Crippen LogP contribution in [0.25, 0.3) is 0 Å². The predicted molar refractivity (Wildman–Crippen MR) is 45.5 cm³/mol. The van der Waals surface area contributed by atoms with Crippen molar-refractivity contribution >= 4 is 0 Å². The van der Waals surface area contributed by atoms with E-state index in [2.05, 4.69) is 0 Å². The Morgan fingerprint density at radius 3 is 2.42 bits per heavy atom. The molecule has 0 fully saturated rings. The Labute approximate surface area is 71.4 Å². The van der Waals surface area contributed by atoms with Crippen LogP contribution in [0.15, 0.2) is 24.3 Å². The third kappa shape index (κ3) is 2.35. The molecule has 0 unspecified atom stereocenters. The minimum absolute atomic E-state index is 0.278. The molecule has 1 rings (SSSR count). The first-order valence-electron chi connectivity index (χ1n) is 3.92. The van der Waals surface area contributed by atoms with Gasteiger partial charge in [-0.15, -0.1) is 0 Å². The van der Waals surface area contributed by atoms with E-state index in [0.29, 0.717) is 12.0 Å². The summed E-state index contributed by atoms with van der Waals surface area (Å²) in [6.07, 6.45) is 1.31. The van der Waals surface area contributed by atoms with Gasteiger partial charge >= 0.3 is 0 Å². The van der Waals surface area contributed by atoms with Crippen LogP contribution in [0.5, 0.6) is 0 Å². The van der Waals surface area contributed by atoms with Gasteiger partial charge in [-0.05, 0) is 30.5 Å². The average Bonchev–Trinajstić information content (AvgIpc) is 2.15.